The maximum absolute atomic E-state index is 10.4. The van der Waals surface area contributed by atoms with Gasteiger partial charge in [-0.1, -0.05) is 94.9 Å². The van der Waals surface area contributed by atoms with Crippen LogP contribution in [0.25, 0.3) is 0 Å². The summed E-state index contributed by atoms with van der Waals surface area (Å²) in [7, 11) is 0. The van der Waals surface area contributed by atoms with E-state index in [0.717, 1.165) is 18.9 Å². The highest BCUT2D eigenvalue weighted by atomic mass is 35.5. The highest BCUT2D eigenvalue weighted by molar-refractivity contribution is 6.30. The first-order valence-electron chi connectivity index (χ1n) is 10.4. The van der Waals surface area contributed by atoms with E-state index in [-0.39, 0.29) is 0 Å². The molecule has 0 fully saturated rings. The zero-order valence-corrected chi connectivity index (χ0v) is 17.0. The van der Waals surface area contributed by atoms with Crippen molar-refractivity contribution in [3.8, 4) is 0 Å². The molecule has 0 unspecified atom stereocenters. The van der Waals surface area contributed by atoms with Crippen LogP contribution < -0.4 is 0 Å². The summed E-state index contributed by atoms with van der Waals surface area (Å²) in [5.41, 5.74) is 0. The minimum atomic E-state index is -0.953. The van der Waals surface area contributed by atoms with Gasteiger partial charge in [-0.05, 0) is 38.5 Å². The van der Waals surface area contributed by atoms with E-state index >= 15 is 0 Å². The van der Waals surface area contributed by atoms with Gasteiger partial charge in [-0.2, -0.15) is 0 Å². The van der Waals surface area contributed by atoms with Gasteiger partial charge < -0.3 is 5.11 Å². The third-order valence-corrected chi connectivity index (χ3v) is 4.76. The van der Waals surface area contributed by atoms with Crippen LogP contribution in [0, 0.1) is 0 Å². The summed E-state index contributed by atoms with van der Waals surface area (Å²) in [5.74, 6) is -0.953. The number of carboxylic acid groups (broad SMARTS) is 1. The summed E-state index contributed by atoms with van der Waals surface area (Å²) in [6.45, 7) is 2.27. The van der Waals surface area contributed by atoms with Crippen LogP contribution in [0.3, 0.4) is 0 Å². The number of halogens is 1. The van der Waals surface area contributed by atoms with Gasteiger partial charge in [0.2, 0.25) is 0 Å². The Morgan fingerprint density at radius 3 is 1.68 bits per heavy atom. The molecule has 0 aliphatic rings. The van der Waals surface area contributed by atoms with E-state index < -0.39 is 5.97 Å². The number of allylic oxidation sites excluding steroid dienone is 3. The summed E-state index contributed by atoms with van der Waals surface area (Å²) >= 11 is 5.82. The smallest absolute Gasteiger partial charge is 0.329 e. The van der Waals surface area contributed by atoms with E-state index in [4.69, 9.17) is 16.7 Å². The monoisotopic (exact) mass is 370 g/mol. The molecule has 0 heterocycles. The van der Waals surface area contributed by atoms with Crippen LogP contribution in [0.15, 0.2) is 23.3 Å². The van der Waals surface area contributed by atoms with E-state index in [1.165, 1.54) is 83.5 Å². The molecule has 0 aliphatic carbocycles. The number of hydrogen-bond acceptors (Lipinski definition) is 1. The average Bonchev–Trinajstić information content (AvgIpc) is 2.57. The number of carbonyl (C=O) groups is 1. The van der Waals surface area contributed by atoms with Gasteiger partial charge >= 0.3 is 5.97 Å². The summed E-state index contributed by atoms with van der Waals surface area (Å²) in [5, 5.41) is 9.02. The van der Waals surface area contributed by atoms with Gasteiger partial charge in [-0.15, -0.1) is 0 Å². The van der Waals surface area contributed by atoms with Crippen molar-refractivity contribution in [2.75, 3.05) is 0 Å². The molecule has 3 heteroatoms. The molecule has 0 aromatic rings. The van der Waals surface area contributed by atoms with Crippen LogP contribution in [0.5, 0.6) is 0 Å². The van der Waals surface area contributed by atoms with Crippen LogP contribution in [-0.4, -0.2) is 11.1 Å². The Kier molecular flexibility index (Phi) is 19.0. The second kappa shape index (κ2) is 19.6. The van der Waals surface area contributed by atoms with Crippen molar-refractivity contribution < 1.29 is 9.90 Å². The van der Waals surface area contributed by atoms with Crippen LogP contribution in [0.1, 0.15) is 110 Å². The van der Waals surface area contributed by atoms with Gasteiger partial charge in [0.05, 0.1) is 0 Å². The zero-order chi connectivity index (χ0) is 18.6. The molecule has 0 aromatic carbocycles. The second-order valence-corrected chi connectivity index (χ2v) is 7.46. The number of hydrogen-bond donors (Lipinski definition) is 1. The van der Waals surface area contributed by atoms with E-state index in [0.29, 0.717) is 11.5 Å². The van der Waals surface area contributed by atoms with Gasteiger partial charge in [-0.3, -0.25) is 0 Å². The molecule has 2 nitrogen and oxygen atoms in total. The Morgan fingerprint density at radius 1 is 0.760 bits per heavy atom. The van der Waals surface area contributed by atoms with Gasteiger partial charge in [0.1, 0.15) is 0 Å². The van der Waals surface area contributed by atoms with Crippen molar-refractivity contribution in [3.05, 3.63) is 23.3 Å². The van der Waals surface area contributed by atoms with Gasteiger partial charge in [0.25, 0.3) is 0 Å². The van der Waals surface area contributed by atoms with Crippen LogP contribution in [0.4, 0.5) is 0 Å². The molecule has 0 saturated carbocycles. The van der Waals surface area contributed by atoms with Crippen molar-refractivity contribution in [1.29, 1.82) is 0 Å². The lowest BCUT2D eigenvalue weighted by atomic mass is 10.1. The lowest BCUT2D eigenvalue weighted by Gasteiger charge is -2.01. The molecule has 0 spiro atoms. The third-order valence-electron chi connectivity index (χ3n) is 4.46. The van der Waals surface area contributed by atoms with Gasteiger partial charge in [0, 0.05) is 11.1 Å². The van der Waals surface area contributed by atoms with E-state index in [9.17, 15) is 4.79 Å². The Morgan fingerprint density at radius 2 is 1.20 bits per heavy atom. The van der Waals surface area contributed by atoms with Gasteiger partial charge in [0.15, 0.2) is 0 Å². The van der Waals surface area contributed by atoms with Crippen molar-refractivity contribution >= 4 is 17.6 Å². The first-order chi connectivity index (χ1) is 12.2. The molecule has 1 N–H and O–H groups in total. The molecule has 0 aromatic heterocycles. The van der Waals surface area contributed by atoms with Crippen LogP contribution >= 0.6 is 11.6 Å². The molecule has 25 heavy (non-hydrogen) atoms. The molecule has 0 amide bonds. The third kappa shape index (κ3) is 21.2. The Hall–Kier alpha value is -0.760. The van der Waals surface area contributed by atoms with Crippen molar-refractivity contribution in [3.63, 3.8) is 0 Å². The quantitative estimate of drug-likeness (QED) is 0.151. The first kappa shape index (κ1) is 24.2. The molecule has 0 aliphatic heterocycles. The Labute approximate surface area is 160 Å². The van der Waals surface area contributed by atoms with Crippen molar-refractivity contribution in [2.24, 2.45) is 0 Å². The zero-order valence-electron chi connectivity index (χ0n) is 16.3. The first-order valence-corrected chi connectivity index (χ1v) is 10.8. The SMILES string of the molecule is CCCCCCCCC=CCCCCCCCCCC(Cl)=CC(=O)O. The summed E-state index contributed by atoms with van der Waals surface area (Å²) in [6, 6.07) is 0. The topological polar surface area (TPSA) is 37.3 Å². The standard InChI is InChI=1S/C22H39ClO2/c1-2-3-4-5-6-7-8-9-10-11-12-13-14-15-16-17-18-19-21(23)20-22(24)25/h9-10,20H,2-8,11-19H2,1H3,(H,24,25). The normalized spacial score (nSPS) is 12.2. The molecule has 0 saturated heterocycles. The molecular weight excluding hydrogens is 332 g/mol. The number of rotatable bonds is 18. The largest absolute Gasteiger partial charge is 0.478 e. The second-order valence-electron chi connectivity index (χ2n) is 6.97. The summed E-state index contributed by atoms with van der Waals surface area (Å²) in [6.07, 6.45) is 25.9. The predicted molar refractivity (Wildman–Crippen MR) is 110 cm³/mol. The fourth-order valence-electron chi connectivity index (χ4n) is 2.92. The highest BCUT2D eigenvalue weighted by Crippen LogP contribution is 2.15. The minimum Gasteiger partial charge on any atom is -0.478 e. The number of carboxylic acids is 1. The molecular formula is C22H39ClO2. The maximum atomic E-state index is 10.4. The fourth-order valence-corrected chi connectivity index (χ4v) is 3.15. The molecule has 0 atom stereocenters. The highest BCUT2D eigenvalue weighted by Gasteiger charge is 1.97. The lowest BCUT2D eigenvalue weighted by Crippen LogP contribution is -1.89. The lowest BCUT2D eigenvalue weighted by molar-refractivity contribution is -0.131. The molecule has 0 rings (SSSR count). The number of aliphatic carboxylic acids is 1. The maximum Gasteiger partial charge on any atom is 0.329 e. The molecule has 0 bridgehead atoms. The van der Waals surface area contributed by atoms with Crippen molar-refractivity contribution in [1.82, 2.24) is 0 Å². The van der Waals surface area contributed by atoms with E-state index in [2.05, 4.69) is 19.1 Å². The summed E-state index contributed by atoms with van der Waals surface area (Å²) in [4.78, 5) is 10.4. The predicted octanol–water partition coefficient (Wildman–Crippen LogP) is 8.01. The number of unbranched alkanes of at least 4 members (excludes halogenated alkanes) is 13. The Balaban J connectivity index is 3.21. The average molecular weight is 371 g/mol. The Bertz CT molecular complexity index is 361. The van der Waals surface area contributed by atoms with E-state index in [1.54, 1.807) is 0 Å². The van der Waals surface area contributed by atoms with Crippen molar-refractivity contribution in [2.45, 2.75) is 110 Å². The van der Waals surface area contributed by atoms with Crippen LogP contribution in [-0.2, 0) is 4.79 Å². The van der Waals surface area contributed by atoms with E-state index in [1.807, 2.05) is 0 Å². The van der Waals surface area contributed by atoms with Crippen LogP contribution in [0.2, 0.25) is 0 Å². The minimum absolute atomic E-state index is 0.459. The fraction of sp³-hybridized carbons (Fsp3) is 0.773. The summed E-state index contributed by atoms with van der Waals surface area (Å²) < 4.78 is 0. The molecule has 146 valence electrons. The molecule has 0 radical (unpaired) electrons. The van der Waals surface area contributed by atoms with Gasteiger partial charge in [-0.25, -0.2) is 4.79 Å².